The summed E-state index contributed by atoms with van der Waals surface area (Å²) in [6.07, 6.45) is 0. The molecule has 2 aromatic carbocycles. The van der Waals surface area contributed by atoms with Gasteiger partial charge in [0.25, 0.3) is 5.16 Å². The van der Waals surface area contributed by atoms with Gasteiger partial charge in [-0.1, -0.05) is 29.4 Å². The number of rotatable bonds is 4. The third-order valence-corrected chi connectivity index (χ3v) is 4.76. The van der Waals surface area contributed by atoms with Crippen molar-refractivity contribution in [2.75, 3.05) is 0 Å². The molecule has 0 aliphatic heterocycles. The van der Waals surface area contributed by atoms with Crippen LogP contribution in [-0.4, -0.2) is 28.6 Å². The van der Waals surface area contributed by atoms with Crippen molar-refractivity contribution in [1.29, 1.82) is 0 Å². The Kier molecular flexibility index (Phi) is 3.91. The first-order valence-electron chi connectivity index (χ1n) is 6.78. The summed E-state index contributed by atoms with van der Waals surface area (Å²) >= 11 is 0. The molecule has 0 bridgehead atoms. The standard InChI is InChI=1S/C15H13FN4O2S/c1-11-3-2-4-14(9-11)20-15(17-18-19-20)23(21,22)10-12-5-7-13(16)8-6-12/h2-9H,10H2,1H3. The maximum Gasteiger partial charge on any atom is 0.272 e. The molecule has 0 saturated heterocycles. The van der Waals surface area contributed by atoms with E-state index in [1.54, 1.807) is 18.2 Å². The summed E-state index contributed by atoms with van der Waals surface area (Å²) in [6, 6.07) is 12.5. The molecule has 0 aliphatic carbocycles. The van der Waals surface area contributed by atoms with Gasteiger partial charge in [0.05, 0.1) is 11.4 Å². The van der Waals surface area contributed by atoms with Crippen molar-refractivity contribution in [2.45, 2.75) is 17.8 Å². The number of hydrogen-bond donors (Lipinski definition) is 0. The average Bonchev–Trinajstić information content (AvgIpc) is 3.00. The summed E-state index contributed by atoms with van der Waals surface area (Å²) < 4.78 is 39.3. The molecule has 23 heavy (non-hydrogen) atoms. The third kappa shape index (κ3) is 3.26. The largest absolute Gasteiger partial charge is 0.272 e. The maximum absolute atomic E-state index is 12.9. The fourth-order valence-electron chi connectivity index (χ4n) is 2.16. The SMILES string of the molecule is Cc1cccc(-n2nnnc2S(=O)(=O)Cc2ccc(F)cc2)c1. The summed E-state index contributed by atoms with van der Waals surface area (Å²) in [7, 11) is -3.77. The number of benzene rings is 2. The first kappa shape index (κ1) is 15.3. The van der Waals surface area contributed by atoms with Crippen LogP contribution in [0.25, 0.3) is 5.69 Å². The van der Waals surface area contributed by atoms with Crippen LogP contribution in [0.2, 0.25) is 0 Å². The third-order valence-electron chi connectivity index (χ3n) is 3.24. The Balaban J connectivity index is 1.98. The predicted molar refractivity (Wildman–Crippen MR) is 81.2 cm³/mol. The van der Waals surface area contributed by atoms with Crippen LogP contribution in [0.5, 0.6) is 0 Å². The molecule has 8 heteroatoms. The molecule has 0 saturated carbocycles. The van der Waals surface area contributed by atoms with E-state index < -0.39 is 15.7 Å². The molecule has 0 aliphatic rings. The average molecular weight is 332 g/mol. The number of halogens is 1. The molecule has 0 N–H and O–H groups in total. The molecule has 0 radical (unpaired) electrons. The Morgan fingerprint density at radius 1 is 1.13 bits per heavy atom. The van der Waals surface area contributed by atoms with E-state index in [2.05, 4.69) is 15.5 Å². The first-order valence-corrected chi connectivity index (χ1v) is 8.43. The van der Waals surface area contributed by atoms with Gasteiger partial charge in [-0.15, -0.1) is 0 Å². The molecule has 1 heterocycles. The number of sulfone groups is 1. The minimum atomic E-state index is -3.77. The number of tetrazole rings is 1. The zero-order chi connectivity index (χ0) is 16.4. The molecule has 0 unspecified atom stereocenters. The van der Waals surface area contributed by atoms with Crippen LogP contribution in [0.3, 0.4) is 0 Å². The summed E-state index contributed by atoms with van der Waals surface area (Å²) in [4.78, 5) is 0. The minimum absolute atomic E-state index is 0.243. The molecule has 118 valence electrons. The van der Waals surface area contributed by atoms with Crippen molar-refractivity contribution in [3.8, 4) is 5.69 Å². The fraction of sp³-hybridized carbons (Fsp3) is 0.133. The van der Waals surface area contributed by atoms with Crippen LogP contribution in [0.15, 0.2) is 53.7 Å². The zero-order valence-electron chi connectivity index (χ0n) is 12.2. The van der Waals surface area contributed by atoms with E-state index >= 15 is 0 Å². The molecule has 0 atom stereocenters. The second kappa shape index (κ2) is 5.88. The lowest BCUT2D eigenvalue weighted by molar-refractivity contribution is 0.579. The van der Waals surface area contributed by atoms with Crippen LogP contribution in [0, 0.1) is 12.7 Å². The number of hydrogen-bond acceptors (Lipinski definition) is 5. The Morgan fingerprint density at radius 3 is 2.57 bits per heavy atom. The van der Waals surface area contributed by atoms with E-state index in [-0.39, 0.29) is 10.9 Å². The van der Waals surface area contributed by atoms with Crippen molar-refractivity contribution in [3.05, 3.63) is 65.5 Å². The van der Waals surface area contributed by atoms with Crippen molar-refractivity contribution >= 4 is 9.84 Å². The predicted octanol–water partition coefficient (Wildman–Crippen LogP) is 2.08. The highest BCUT2D eigenvalue weighted by molar-refractivity contribution is 7.90. The summed E-state index contributed by atoms with van der Waals surface area (Å²) in [5.74, 6) is -0.727. The van der Waals surface area contributed by atoms with Gasteiger partial charge in [-0.2, -0.15) is 4.68 Å². The minimum Gasteiger partial charge on any atom is -0.220 e. The molecule has 0 amide bonds. The topological polar surface area (TPSA) is 77.7 Å². The van der Waals surface area contributed by atoms with E-state index in [4.69, 9.17) is 0 Å². The van der Waals surface area contributed by atoms with Gasteiger partial charge in [0, 0.05) is 0 Å². The zero-order valence-corrected chi connectivity index (χ0v) is 13.0. The van der Waals surface area contributed by atoms with Gasteiger partial charge in [-0.05, 0) is 52.7 Å². The number of nitrogens with zero attached hydrogens (tertiary/aromatic N) is 4. The van der Waals surface area contributed by atoms with Crippen LogP contribution in [-0.2, 0) is 15.6 Å². The number of aromatic nitrogens is 4. The normalized spacial score (nSPS) is 11.6. The van der Waals surface area contributed by atoms with Crippen LogP contribution in [0.1, 0.15) is 11.1 Å². The molecular formula is C15H13FN4O2S. The quantitative estimate of drug-likeness (QED) is 0.731. The van der Waals surface area contributed by atoms with Crippen molar-refractivity contribution in [3.63, 3.8) is 0 Å². The second-order valence-electron chi connectivity index (χ2n) is 5.10. The molecular weight excluding hydrogens is 319 g/mol. The van der Waals surface area contributed by atoms with Gasteiger partial charge >= 0.3 is 0 Å². The van der Waals surface area contributed by atoms with Crippen molar-refractivity contribution in [2.24, 2.45) is 0 Å². The molecule has 3 aromatic rings. The molecule has 1 aromatic heterocycles. The Morgan fingerprint density at radius 2 is 1.87 bits per heavy atom. The first-order chi connectivity index (χ1) is 11.0. The van der Waals surface area contributed by atoms with Crippen molar-refractivity contribution in [1.82, 2.24) is 20.2 Å². The van der Waals surface area contributed by atoms with Crippen LogP contribution < -0.4 is 0 Å². The van der Waals surface area contributed by atoms with E-state index in [1.165, 1.54) is 28.9 Å². The summed E-state index contributed by atoms with van der Waals surface area (Å²) in [5, 5.41) is 10.6. The van der Waals surface area contributed by atoms with E-state index in [0.717, 1.165) is 5.56 Å². The Bertz CT molecular complexity index is 936. The highest BCUT2D eigenvalue weighted by Crippen LogP contribution is 2.18. The van der Waals surface area contributed by atoms with Gasteiger partial charge in [0.2, 0.25) is 9.84 Å². The lowest BCUT2D eigenvalue weighted by Crippen LogP contribution is -2.13. The lowest BCUT2D eigenvalue weighted by atomic mass is 10.2. The molecule has 6 nitrogen and oxygen atoms in total. The fourth-order valence-corrected chi connectivity index (χ4v) is 3.49. The van der Waals surface area contributed by atoms with Crippen LogP contribution in [0.4, 0.5) is 4.39 Å². The van der Waals surface area contributed by atoms with E-state index in [0.29, 0.717) is 11.3 Å². The van der Waals surface area contributed by atoms with Gasteiger partial charge in [-0.25, -0.2) is 12.8 Å². The van der Waals surface area contributed by atoms with Crippen molar-refractivity contribution < 1.29 is 12.8 Å². The highest BCUT2D eigenvalue weighted by Gasteiger charge is 2.24. The van der Waals surface area contributed by atoms with E-state index in [9.17, 15) is 12.8 Å². The summed E-state index contributed by atoms with van der Waals surface area (Å²) in [6.45, 7) is 1.89. The van der Waals surface area contributed by atoms with Gasteiger partial charge in [-0.3, -0.25) is 0 Å². The molecule has 3 rings (SSSR count). The van der Waals surface area contributed by atoms with Gasteiger partial charge < -0.3 is 0 Å². The molecule has 0 fully saturated rings. The molecule has 0 spiro atoms. The smallest absolute Gasteiger partial charge is 0.220 e. The monoisotopic (exact) mass is 332 g/mol. The van der Waals surface area contributed by atoms with Gasteiger partial charge in [0.15, 0.2) is 0 Å². The van der Waals surface area contributed by atoms with Gasteiger partial charge in [0.1, 0.15) is 5.82 Å². The Labute approximate surface area is 132 Å². The highest BCUT2D eigenvalue weighted by atomic mass is 32.2. The summed E-state index contributed by atoms with van der Waals surface area (Å²) in [5.41, 5.74) is 1.98. The second-order valence-corrected chi connectivity index (χ2v) is 6.98. The van der Waals surface area contributed by atoms with Crippen LogP contribution >= 0.6 is 0 Å². The Hall–Kier alpha value is -2.61. The lowest BCUT2D eigenvalue weighted by Gasteiger charge is -2.06. The maximum atomic E-state index is 12.9. The number of aryl methyl sites for hydroxylation is 1. The van der Waals surface area contributed by atoms with E-state index in [1.807, 2.05) is 13.0 Å².